The first-order valence-electron chi connectivity index (χ1n) is 6.03. The number of aliphatic hydroxyl groups is 1. The number of rotatable bonds is 5. The first kappa shape index (κ1) is 12.6. The summed E-state index contributed by atoms with van der Waals surface area (Å²) in [6.07, 6.45) is -0.412. The lowest BCUT2D eigenvalue weighted by Crippen LogP contribution is -2.25. The highest BCUT2D eigenvalue weighted by Crippen LogP contribution is 2.29. The number of nitrogens with one attached hydrogen (secondary N) is 1. The molecule has 0 saturated heterocycles. The molecule has 0 amide bonds. The van der Waals surface area contributed by atoms with E-state index in [4.69, 9.17) is 0 Å². The predicted octanol–water partition coefficient (Wildman–Crippen LogP) is 3.18. The fourth-order valence-electron chi connectivity index (χ4n) is 1.88. The molecule has 1 unspecified atom stereocenters. The van der Waals surface area contributed by atoms with Crippen LogP contribution in [0.25, 0.3) is 10.1 Å². The number of fused-ring (bicyclic) bond motifs is 1. The summed E-state index contributed by atoms with van der Waals surface area (Å²) < 4.78 is 1.24. The minimum atomic E-state index is -0.412. The second-order valence-electron chi connectivity index (χ2n) is 4.76. The van der Waals surface area contributed by atoms with Crippen molar-refractivity contribution in [3.05, 3.63) is 35.2 Å². The highest BCUT2D eigenvalue weighted by molar-refractivity contribution is 7.17. The van der Waals surface area contributed by atoms with Crippen molar-refractivity contribution in [1.82, 2.24) is 5.32 Å². The molecule has 1 aromatic carbocycles. The Morgan fingerprint density at radius 2 is 2.00 bits per heavy atom. The normalized spacial score (nSPS) is 13.4. The molecule has 1 aromatic heterocycles. The van der Waals surface area contributed by atoms with Gasteiger partial charge in [0.05, 0.1) is 6.10 Å². The van der Waals surface area contributed by atoms with Gasteiger partial charge in [-0.15, -0.1) is 11.3 Å². The largest absolute Gasteiger partial charge is 0.387 e. The Morgan fingerprint density at radius 1 is 1.24 bits per heavy atom. The molecule has 0 bridgehead atoms. The van der Waals surface area contributed by atoms with Gasteiger partial charge in [-0.1, -0.05) is 32.0 Å². The van der Waals surface area contributed by atoms with Crippen LogP contribution in [0.15, 0.2) is 29.6 Å². The van der Waals surface area contributed by atoms with E-state index in [1.807, 2.05) is 12.1 Å². The highest BCUT2D eigenvalue weighted by Gasteiger charge is 2.12. The van der Waals surface area contributed by atoms with Crippen LogP contribution in [0, 0.1) is 5.92 Å². The SMILES string of the molecule is CC(C)CNCC(O)c1csc2ccccc12. The molecule has 0 aliphatic carbocycles. The van der Waals surface area contributed by atoms with Gasteiger partial charge in [0.1, 0.15) is 0 Å². The van der Waals surface area contributed by atoms with Crippen LogP contribution < -0.4 is 5.32 Å². The van der Waals surface area contributed by atoms with Crippen molar-refractivity contribution in [1.29, 1.82) is 0 Å². The lowest BCUT2D eigenvalue weighted by atomic mass is 10.1. The van der Waals surface area contributed by atoms with Gasteiger partial charge < -0.3 is 10.4 Å². The van der Waals surface area contributed by atoms with Crippen LogP contribution in [0.1, 0.15) is 25.5 Å². The molecule has 17 heavy (non-hydrogen) atoms. The molecule has 2 rings (SSSR count). The third-order valence-corrected chi connectivity index (χ3v) is 3.74. The zero-order valence-corrected chi connectivity index (χ0v) is 11.1. The van der Waals surface area contributed by atoms with E-state index in [9.17, 15) is 5.11 Å². The molecule has 0 aliphatic heterocycles. The van der Waals surface area contributed by atoms with Crippen molar-refractivity contribution in [2.45, 2.75) is 20.0 Å². The van der Waals surface area contributed by atoms with E-state index in [0.717, 1.165) is 12.1 Å². The van der Waals surface area contributed by atoms with E-state index in [2.05, 4.69) is 36.7 Å². The molecule has 0 radical (unpaired) electrons. The Balaban J connectivity index is 2.06. The number of hydrogen-bond donors (Lipinski definition) is 2. The number of benzene rings is 1. The van der Waals surface area contributed by atoms with Crippen LogP contribution in [0.2, 0.25) is 0 Å². The second kappa shape index (κ2) is 5.63. The van der Waals surface area contributed by atoms with E-state index in [1.54, 1.807) is 11.3 Å². The summed E-state index contributed by atoms with van der Waals surface area (Å²) in [4.78, 5) is 0. The van der Waals surface area contributed by atoms with Gasteiger partial charge in [0.25, 0.3) is 0 Å². The molecule has 1 atom stereocenters. The third kappa shape index (κ3) is 3.06. The Morgan fingerprint density at radius 3 is 2.76 bits per heavy atom. The summed E-state index contributed by atoms with van der Waals surface area (Å²) in [5.74, 6) is 0.612. The smallest absolute Gasteiger partial charge is 0.0928 e. The zero-order valence-electron chi connectivity index (χ0n) is 10.3. The fourth-order valence-corrected chi connectivity index (χ4v) is 2.88. The van der Waals surface area contributed by atoms with Crippen LogP contribution >= 0.6 is 11.3 Å². The molecular formula is C14H19NOS. The summed E-state index contributed by atoms with van der Waals surface area (Å²) in [5.41, 5.74) is 1.04. The molecule has 3 heteroatoms. The molecule has 0 fully saturated rings. The second-order valence-corrected chi connectivity index (χ2v) is 5.67. The van der Waals surface area contributed by atoms with Gasteiger partial charge in [0.15, 0.2) is 0 Å². The van der Waals surface area contributed by atoms with Gasteiger partial charge in [-0.3, -0.25) is 0 Å². The van der Waals surface area contributed by atoms with Crippen LogP contribution in [0.4, 0.5) is 0 Å². The van der Waals surface area contributed by atoms with Gasteiger partial charge >= 0.3 is 0 Å². The molecule has 2 N–H and O–H groups in total. The average molecular weight is 249 g/mol. The maximum atomic E-state index is 10.2. The average Bonchev–Trinajstić information content (AvgIpc) is 2.72. The summed E-state index contributed by atoms with van der Waals surface area (Å²) in [5, 5.41) is 16.7. The Hall–Kier alpha value is -0.900. The standard InChI is InChI=1S/C14H19NOS/c1-10(2)7-15-8-13(16)12-9-17-14-6-4-3-5-11(12)14/h3-6,9-10,13,15-16H,7-8H2,1-2H3. The fraction of sp³-hybridized carbons (Fsp3) is 0.429. The minimum Gasteiger partial charge on any atom is -0.387 e. The van der Waals surface area contributed by atoms with Gasteiger partial charge in [0.2, 0.25) is 0 Å². The van der Waals surface area contributed by atoms with Crippen molar-refractivity contribution in [2.24, 2.45) is 5.92 Å². The van der Waals surface area contributed by atoms with Crippen LogP contribution in [-0.2, 0) is 0 Å². The van der Waals surface area contributed by atoms with Crippen molar-refractivity contribution in [3.8, 4) is 0 Å². The lowest BCUT2D eigenvalue weighted by molar-refractivity contribution is 0.175. The first-order chi connectivity index (χ1) is 8.18. The number of thiophene rings is 1. The maximum absolute atomic E-state index is 10.2. The van der Waals surface area contributed by atoms with Gasteiger partial charge in [-0.2, -0.15) is 0 Å². The molecule has 0 saturated carbocycles. The lowest BCUT2D eigenvalue weighted by Gasteiger charge is -2.12. The number of aliphatic hydroxyl groups excluding tert-OH is 1. The molecule has 1 heterocycles. The molecule has 92 valence electrons. The van der Waals surface area contributed by atoms with Crippen molar-refractivity contribution < 1.29 is 5.11 Å². The van der Waals surface area contributed by atoms with E-state index in [-0.39, 0.29) is 0 Å². The van der Waals surface area contributed by atoms with Gasteiger partial charge in [-0.25, -0.2) is 0 Å². The minimum absolute atomic E-state index is 0.412. The molecule has 2 nitrogen and oxygen atoms in total. The van der Waals surface area contributed by atoms with Gasteiger partial charge in [0, 0.05) is 16.8 Å². The number of hydrogen-bond acceptors (Lipinski definition) is 3. The summed E-state index contributed by atoms with van der Waals surface area (Å²) in [7, 11) is 0. The summed E-state index contributed by atoms with van der Waals surface area (Å²) >= 11 is 1.69. The molecule has 0 aliphatic rings. The zero-order chi connectivity index (χ0) is 12.3. The summed E-state index contributed by atoms with van der Waals surface area (Å²) in [6, 6.07) is 8.23. The van der Waals surface area contributed by atoms with Crippen LogP contribution in [0.3, 0.4) is 0 Å². The van der Waals surface area contributed by atoms with E-state index < -0.39 is 6.10 Å². The highest BCUT2D eigenvalue weighted by atomic mass is 32.1. The Bertz CT molecular complexity index is 478. The monoisotopic (exact) mass is 249 g/mol. The van der Waals surface area contributed by atoms with Crippen molar-refractivity contribution >= 4 is 21.4 Å². The van der Waals surface area contributed by atoms with Crippen molar-refractivity contribution in [2.75, 3.05) is 13.1 Å². The quantitative estimate of drug-likeness (QED) is 0.853. The van der Waals surface area contributed by atoms with Crippen molar-refractivity contribution in [3.63, 3.8) is 0 Å². The Kier molecular flexibility index (Phi) is 4.15. The van der Waals surface area contributed by atoms with Crippen LogP contribution in [0.5, 0.6) is 0 Å². The van der Waals surface area contributed by atoms with Gasteiger partial charge in [-0.05, 0) is 29.3 Å². The third-order valence-electron chi connectivity index (χ3n) is 2.76. The molecule has 2 aromatic rings. The maximum Gasteiger partial charge on any atom is 0.0928 e. The molecule has 0 spiro atoms. The van der Waals surface area contributed by atoms with Crippen LogP contribution in [-0.4, -0.2) is 18.2 Å². The predicted molar refractivity (Wildman–Crippen MR) is 74.5 cm³/mol. The van der Waals surface area contributed by atoms with E-state index in [0.29, 0.717) is 12.5 Å². The van der Waals surface area contributed by atoms with E-state index >= 15 is 0 Å². The van der Waals surface area contributed by atoms with E-state index in [1.165, 1.54) is 10.1 Å². The molecular weight excluding hydrogens is 230 g/mol. The Labute approximate surface area is 106 Å². The first-order valence-corrected chi connectivity index (χ1v) is 6.91. The topological polar surface area (TPSA) is 32.3 Å². The summed E-state index contributed by atoms with van der Waals surface area (Å²) in [6.45, 7) is 5.90.